The van der Waals surface area contributed by atoms with Crippen LogP contribution in [0.1, 0.15) is 33.6 Å². The number of methoxy groups -OCH3 is 2. The molecule has 0 unspecified atom stereocenters. The molecule has 0 amide bonds. The lowest BCUT2D eigenvalue weighted by molar-refractivity contribution is -0.168. The van der Waals surface area contributed by atoms with E-state index in [0.717, 1.165) is 0 Å². The Morgan fingerprint density at radius 2 is 1.58 bits per heavy atom. The molecule has 0 spiro atoms. The van der Waals surface area contributed by atoms with Gasteiger partial charge in [0.05, 0.1) is 20.8 Å². The van der Waals surface area contributed by atoms with Gasteiger partial charge in [0.2, 0.25) is 0 Å². The Labute approximate surface area is 146 Å². The van der Waals surface area contributed by atoms with E-state index in [0.29, 0.717) is 6.61 Å². The van der Waals surface area contributed by atoms with Gasteiger partial charge >= 0.3 is 11.9 Å². The summed E-state index contributed by atoms with van der Waals surface area (Å²) in [6, 6.07) is 0. The van der Waals surface area contributed by atoms with Crippen LogP contribution in [0.5, 0.6) is 0 Å². The van der Waals surface area contributed by atoms with Gasteiger partial charge in [0.15, 0.2) is 13.7 Å². The topological polar surface area (TPSA) is 61.8 Å². The Kier molecular flexibility index (Phi) is 8.45. The van der Waals surface area contributed by atoms with Crippen molar-refractivity contribution in [3.05, 3.63) is 12.2 Å². The number of hydrogen-bond donors (Lipinski definition) is 0. The Hall–Kier alpha value is -1.58. The van der Waals surface area contributed by atoms with Crippen LogP contribution in [-0.2, 0) is 23.5 Å². The summed E-state index contributed by atoms with van der Waals surface area (Å²) in [6.45, 7) is 11.2. The first-order chi connectivity index (χ1) is 11.0. The summed E-state index contributed by atoms with van der Waals surface area (Å²) in [5, 5.41) is 0.117. The number of carbonyl (C=O) groups excluding carboxylic acids is 2. The summed E-state index contributed by atoms with van der Waals surface area (Å²) in [5.41, 5.74) is -1.51. The molecule has 136 valence electrons. The van der Waals surface area contributed by atoms with Crippen LogP contribution in [0, 0.1) is 17.8 Å². The van der Waals surface area contributed by atoms with E-state index in [1.54, 1.807) is 12.2 Å². The van der Waals surface area contributed by atoms with Gasteiger partial charge in [-0.05, 0) is 24.6 Å². The lowest BCUT2D eigenvalue weighted by Gasteiger charge is -2.35. The highest BCUT2D eigenvalue weighted by molar-refractivity contribution is 6.74. The van der Waals surface area contributed by atoms with Crippen LogP contribution < -0.4 is 0 Å². The second-order valence-electron chi connectivity index (χ2n) is 7.19. The summed E-state index contributed by atoms with van der Waals surface area (Å²) in [7, 11) is 0.606. The van der Waals surface area contributed by atoms with E-state index in [2.05, 4.69) is 39.8 Å². The molecule has 0 aromatic heterocycles. The van der Waals surface area contributed by atoms with Crippen molar-refractivity contribution in [1.29, 1.82) is 0 Å². The first-order valence-electron chi connectivity index (χ1n) is 7.87. The minimum atomic E-state index is -1.84. The molecule has 0 saturated heterocycles. The van der Waals surface area contributed by atoms with Crippen LogP contribution in [0.4, 0.5) is 0 Å². The van der Waals surface area contributed by atoms with E-state index < -0.39 is 25.7 Å². The van der Waals surface area contributed by atoms with Gasteiger partial charge in [-0.1, -0.05) is 32.9 Å². The van der Waals surface area contributed by atoms with Crippen LogP contribution in [-0.4, -0.2) is 41.1 Å². The summed E-state index contributed by atoms with van der Waals surface area (Å²) < 4.78 is 15.5. The van der Waals surface area contributed by atoms with Crippen LogP contribution in [0.2, 0.25) is 18.1 Å². The van der Waals surface area contributed by atoms with E-state index >= 15 is 0 Å². The summed E-state index contributed by atoms with van der Waals surface area (Å²) >= 11 is 0. The molecule has 5 nitrogen and oxygen atoms in total. The molecule has 0 aliphatic heterocycles. The fourth-order valence-electron chi connectivity index (χ4n) is 1.86. The van der Waals surface area contributed by atoms with Gasteiger partial charge in [0.1, 0.15) is 0 Å². The highest BCUT2D eigenvalue weighted by Gasteiger charge is 2.47. The highest BCUT2D eigenvalue weighted by atomic mass is 28.4. The molecule has 24 heavy (non-hydrogen) atoms. The fourth-order valence-corrected chi connectivity index (χ4v) is 2.80. The van der Waals surface area contributed by atoms with Gasteiger partial charge in [0, 0.05) is 6.42 Å². The van der Waals surface area contributed by atoms with Crippen molar-refractivity contribution in [2.75, 3.05) is 20.8 Å². The number of allylic oxidation sites excluding steroid dienone is 1. The fraction of sp³-hybridized carbons (Fsp3) is 0.667. The quantitative estimate of drug-likeness (QED) is 0.220. The first kappa shape index (κ1) is 22.4. The van der Waals surface area contributed by atoms with Crippen molar-refractivity contribution in [1.82, 2.24) is 0 Å². The third-order valence-electron chi connectivity index (χ3n) is 4.54. The summed E-state index contributed by atoms with van der Waals surface area (Å²) in [4.78, 5) is 24.2. The van der Waals surface area contributed by atoms with Crippen molar-refractivity contribution in [2.24, 2.45) is 5.41 Å². The number of ether oxygens (including phenoxy) is 2. The van der Waals surface area contributed by atoms with Gasteiger partial charge in [0.25, 0.3) is 0 Å². The average Bonchev–Trinajstić information content (AvgIpc) is 2.50. The predicted molar refractivity (Wildman–Crippen MR) is 96.8 cm³/mol. The van der Waals surface area contributed by atoms with Gasteiger partial charge in [-0.25, -0.2) is 0 Å². The normalized spacial score (nSPS) is 12.8. The average molecular weight is 355 g/mol. The molecule has 0 aromatic rings. The molecular weight excluding hydrogens is 324 g/mol. The SMILES string of the molecule is C#CCC(C/C=C\CO[Si](C)(C)C(C)(C)C)(C(=O)OC)C(=O)OC. The zero-order valence-corrected chi connectivity index (χ0v) is 16.9. The molecule has 0 aromatic carbocycles. The second kappa shape index (κ2) is 9.05. The third-order valence-corrected chi connectivity index (χ3v) is 9.04. The van der Waals surface area contributed by atoms with Crippen molar-refractivity contribution >= 4 is 20.3 Å². The van der Waals surface area contributed by atoms with Crippen LogP contribution in [0.25, 0.3) is 0 Å². The summed E-state index contributed by atoms with van der Waals surface area (Å²) in [6.07, 6.45) is 8.87. The molecule has 0 N–H and O–H groups in total. The molecule has 0 aliphatic carbocycles. The van der Waals surface area contributed by atoms with Crippen molar-refractivity contribution < 1.29 is 23.5 Å². The molecule has 0 heterocycles. The number of esters is 2. The number of hydrogen-bond acceptors (Lipinski definition) is 5. The Morgan fingerprint density at radius 3 is 1.96 bits per heavy atom. The van der Waals surface area contributed by atoms with Crippen molar-refractivity contribution in [2.45, 2.75) is 51.7 Å². The second-order valence-corrected chi connectivity index (χ2v) is 12.0. The zero-order valence-electron chi connectivity index (χ0n) is 15.9. The first-order valence-corrected chi connectivity index (χ1v) is 10.8. The van der Waals surface area contributed by atoms with Crippen LogP contribution in [0.3, 0.4) is 0 Å². The number of carbonyl (C=O) groups is 2. The van der Waals surface area contributed by atoms with E-state index in [1.807, 2.05) is 0 Å². The predicted octanol–water partition coefficient (Wildman–Crippen LogP) is 3.31. The molecule has 0 bridgehead atoms. The molecule has 6 heteroatoms. The van der Waals surface area contributed by atoms with Crippen molar-refractivity contribution in [3.63, 3.8) is 0 Å². The maximum Gasteiger partial charge on any atom is 0.324 e. The number of terminal acetylenes is 1. The van der Waals surface area contributed by atoms with E-state index in [9.17, 15) is 9.59 Å². The van der Waals surface area contributed by atoms with Gasteiger partial charge in [-0.3, -0.25) is 9.59 Å². The standard InChI is InChI=1S/C18H30O5Si/c1-9-12-18(15(19)21-5,16(20)22-6)13-10-11-14-23-24(7,8)17(2,3)4/h1,10-11H,12-14H2,2-8H3/b11-10-. The monoisotopic (exact) mass is 354 g/mol. The molecular formula is C18H30O5Si. The third kappa shape index (κ3) is 5.50. The van der Waals surface area contributed by atoms with Gasteiger partial charge in [-0.2, -0.15) is 0 Å². The smallest absolute Gasteiger partial charge is 0.324 e. The molecule has 0 atom stereocenters. The van der Waals surface area contributed by atoms with Gasteiger partial charge < -0.3 is 13.9 Å². The summed E-state index contributed by atoms with van der Waals surface area (Å²) in [5.74, 6) is 0.979. The lowest BCUT2D eigenvalue weighted by Crippen LogP contribution is -2.41. The largest absolute Gasteiger partial charge is 0.468 e. The minimum Gasteiger partial charge on any atom is -0.468 e. The minimum absolute atomic E-state index is 0.0836. The van der Waals surface area contributed by atoms with Crippen molar-refractivity contribution in [3.8, 4) is 12.3 Å². The Bertz CT molecular complexity index is 492. The number of rotatable bonds is 8. The molecule has 0 fully saturated rings. The van der Waals surface area contributed by atoms with E-state index in [-0.39, 0.29) is 17.9 Å². The Balaban J connectivity index is 5.06. The Morgan fingerprint density at radius 1 is 1.08 bits per heavy atom. The van der Waals surface area contributed by atoms with Crippen LogP contribution in [0.15, 0.2) is 12.2 Å². The highest BCUT2D eigenvalue weighted by Crippen LogP contribution is 2.36. The molecule has 0 rings (SSSR count). The molecule has 0 aliphatic rings. The molecule has 0 radical (unpaired) electrons. The van der Waals surface area contributed by atoms with E-state index in [1.165, 1.54) is 14.2 Å². The maximum atomic E-state index is 12.1. The molecule has 0 saturated carbocycles. The van der Waals surface area contributed by atoms with Gasteiger partial charge in [-0.15, -0.1) is 12.3 Å². The maximum absolute atomic E-state index is 12.1. The lowest BCUT2D eigenvalue weighted by atomic mass is 9.81. The van der Waals surface area contributed by atoms with Crippen LogP contribution >= 0.6 is 0 Å². The van der Waals surface area contributed by atoms with E-state index in [4.69, 9.17) is 20.3 Å². The zero-order chi connectivity index (χ0) is 19.0.